The van der Waals surface area contributed by atoms with E-state index in [4.69, 9.17) is 9.47 Å². The van der Waals surface area contributed by atoms with E-state index < -0.39 is 16.2 Å². The molecule has 0 saturated carbocycles. The van der Waals surface area contributed by atoms with E-state index in [2.05, 4.69) is 0 Å². The standard InChI is InChI=1S/C21H26N2O5S/c1-16-6-4-7-17(12-16)14-22-10-5-11-23(29(22,25)26)15-19-13-18(21(24)28-3)8-9-20(19)27-2/h4,6-9,12-13H,5,10-11,14-15H2,1-3H3. The molecule has 0 amide bonds. The summed E-state index contributed by atoms with van der Waals surface area (Å²) in [6.45, 7) is 3.34. The molecule has 1 fully saturated rings. The van der Waals surface area contributed by atoms with E-state index in [-0.39, 0.29) is 6.54 Å². The van der Waals surface area contributed by atoms with Crippen LogP contribution in [0.3, 0.4) is 0 Å². The molecular formula is C21H26N2O5S. The molecule has 0 radical (unpaired) electrons. The zero-order valence-electron chi connectivity index (χ0n) is 16.9. The number of carbonyl (C=O) groups is 1. The van der Waals surface area contributed by atoms with E-state index in [1.165, 1.54) is 22.8 Å². The van der Waals surface area contributed by atoms with Crippen LogP contribution in [0.5, 0.6) is 5.75 Å². The second-order valence-electron chi connectivity index (χ2n) is 7.04. The van der Waals surface area contributed by atoms with Crippen molar-refractivity contribution in [1.29, 1.82) is 0 Å². The van der Waals surface area contributed by atoms with Crippen LogP contribution in [0.25, 0.3) is 0 Å². The number of methoxy groups -OCH3 is 2. The van der Waals surface area contributed by atoms with Gasteiger partial charge in [-0.15, -0.1) is 0 Å². The van der Waals surface area contributed by atoms with E-state index >= 15 is 0 Å². The van der Waals surface area contributed by atoms with Crippen molar-refractivity contribution in [3.63, 3.8) is 0 Å². The molecule has 0 bridgehead atoms. The molecule has 0 unspecified atom stereocenters. The molecule has 29 heavy (non-hydrogen) atoms. The zero-order valence-corrected chi connectivity index (χ0v) is 17.7. The lowest BCUT2D eigenvalue weighted by atomic mass is 10.1. The van der Waals surface area contributed by atoms with Crippen LogP contribution in [0, 0.1) is 6.92 Å². The summed E-state index contributed by atoms with van der Waals surface area (Å²) in [7, 11) is -0.813. The number of benzene rings is 2. The van der Waals surface area contributed by atoms with E-state index in [0.717, 1.165) is 17.5 Å². The average Bonchev–Trinajstić information content (AvgIpc) is 2.70. The molecular weight excluding hydrogens is 392 g/mol. The second kappa shape index (κ2) is 8.94. The van der Waals surface area contributed by atoms with Crippen LogP contribution in [-0.4, -0.2) is 50.3 Å². The quantitative estimate of drug-likeness (QED) is 0.675. The Morgan fingerprint density at radius 1 is 1.03 bits per heavy atom. The Hall–Kier alpha value is -2.42. The van der Waals surface area contributed by atoms with Crippen LogP contribution >= 0.6 is 0 Å². The monoisotopic (exact) mass is 418 g/mol. The number of carbonyl (C=O) groups excluding carboxylic acids is 1. The fraction of sp³-hybridized carbons (Fsp3) is 0.381. The normalized spacial score (nSPS) is 17.1. The summed E-state index contributed by atoms with van der Waals surface area (Å²) < 4.78 is 39.5. The first-order valence-corrected chi connectivity index (χ1v) is 10.8. The maximum absolute atomic E-state index is 13.2. The van der Waals surface area contributed by atoms with Crippen molar-refractivity contribution in [2.24, 2.45) is 0 Å². The minimum Gasteiger partial charge on any atom is -0.496 e. The first-order chi connectivity index (χ1) is 13.8. The summed E-state index contributed by atoms with van der Waals surface area (Å²) in [5, 5.41) is 0. The Morgan fingerprint density at radius 2 is 1.76 bits per heavy atom. The second-order valence-corrected chi connectivity index (χ2v) is 8.96. The minimum absolute atomic E-state index is 0.126. The number of ether oxygens (including phenoxy) is 2. The van der Waals surface area contributed by atoms with E-state index in [1.807, 2.05) is 31.2 Å². The Kier molecular flexibility index (Phi) is 6.56. The van der Waals surface area contributed by atoms with Gasteiger partial charge in [-0.1, -0.05) is 29.8 Å². The first-order valence-electron chi connectivity index (χ1n) is 9.41. The molecule has 8 heteroatoms. The van der Waals surface area contributed by atoms with Gasteiger partial charge in [-0.3, -0.25) is 0 Å². The highest BCUT2D eigenvalue weighted by Gasteiger charge is 2.34. The summed E-state index contributed by atoms with van der Waals surface area (Å²) in [6.07, 6.45) is 0.726. The van der Waals surface area contributed by atoms with Crippen molar-refractivity contribution in [2.45, 2.75) is 26.4 Å². The van der Waals surface area contributed by atoms with E-state index in [1.54, 1.807) is 18.2 Å². The number of nitrogens with zero attached hydrogens (tertiary/aromatic N) is 2. The van der Waals surface area contributed by atoms with Gasteiger partial charge in [0.2, 0.25) is 0 Å². The smallest absolute Gasteiger partial charge is 0.337 e. The van der Waals surface area contributed by atoms with Gasteiger partial charge in [-0.05, 0) is 37.1 Å². The number of hydrogen-bond acceptors (Lipinski definition) is 5. The third-order valence-corrected chi connectivity index (χ3v) is 6.89. The molecule has 1 aliphatic rings. The third-order valence-electron chi connectivity index (χ3n) is 4.96. The summed E-state index contributed by atoms with van der Waals surface area (Å²) in [5.74, 6) is 0.0557. The molecule has 0 aliphatic carbocycles. The topological polar surface area (TPSA) is 76.2 Å². The Bertz CT molecular complexity index is 990. The Morgan fingerprint density at radius 3 is 2.41 bits per heavy atom. The zero-order chi connectivity index (χ0) is 21.0. The van der Waals surface area contributed by atoms with Crippen molar-refractivity contribution >= 4 is 16.2 Å². The van der Waals surface area contributed by atoms with Gasteiger partial charge in [-0.25, -0.2) is 4.79 Å². The molecule has 1 saturated heterocycles. The van der Waals surface area contributed by atoms with Crippen LogP contribution in [0.1, 0.15) is 33.5 Å². The van der Waals surface area contributed by atoms with Crippen molar-refractivity contribution in [1.82, 2.24) is 8.61 Å². The number of aryl methyl sites for hydroxylation is 1. The fourth-order valence-electron chi connectivity index (χ4n) is 3.49. The highest BCUT2D eigenvalue weighted by Crippen LogP contribution is 2.27. The lowest BCUT2D eigenvalue weighted by Gasteiger charge is -2.35. The van der Waals surface area contributed by atoms with Gasteiger partial charge in [0.1, 0.15) is 5.75 Å². The van der Waals surface area contributed by atoms with Gasteiger partial charge in [0, 0.05) is 31.7 Å². The van der Waals surface area contributed by atoms with Crippen LogP contribution in [-0.2, 0) is 28.0 Å². The first kappa shape index (κ1) is 21.3. The predicted octanol–water partition coefficient (Wildman–Crippen LogP) is 2.74. The van der Waals surface area contributed by atoms with Gasteiger partial charge in [0.15, 0.2) is 0 Å². The summed E-state index contributed by atoms with van der Waals surface area (Å²) in [4.78, 5) is 11.9. The molecule has 3 rings (SSSR count). The van der Waals surface area contributed by atoms with Crippen LogP contribution in [0.2, 0.25) is 0 Å². The molecule has 0 N–H and O–H groups in total. The molecule has 1 heterocycles. The molecule has 1 aliphatic heterocycles. The molecule has 0 aromatic heterocycles. The van der Waals surface area contributed by atoms with Gasteiger partial charge >= 0.3 is 5.97 Å². The predicted molar refractivity (Wildman–Crippen MR) is 110 cm³/mol. The van der Waals surface area contributed by atoms with E-state index in [0.29, 0.717) is 36.5 Å². The van der Waals surface area contributed by atoms with Crippen LogP contribution < -0.4 is 4.74 Å². The van der Waals surface area contributed by atoms with Gasteiger partial charge in [-0.2, -0.15) is 17.0 Å². The van der Waals surface area contributed by atoms with Crippen molar-refractivity contribution in [3.05, 3.63) is 64.7 Å². The number of esters is 1. The van der Waals surface area contributed by atoms with Gasteiger partial charge in [0.05, 0.1) is 19.8 Å². The minimum atomic E-state index is -3.64. The highest BCUT2D eigenvalue weighted by molar-refractivity contribution is 7.86. The van der Waals surface area contributed by atoms with Gasteiger partial charge < -0.3 is 9.47 Å². The SMILES string of the molecule is COC(=O)c1ccc(OC)c(CN2CCCN(Cc3cccc(C)c3)S2(=O)=O)c1. The third kappa shape index (κ3) is 4.77. The maximum atomic E-state index is 13.2. The Balaban J connectivity index is 1.84. The van der Waals surface area contributed by atoms with Crippen molar-refractivity contribution < 1.29 is 22.7 Å². The van der Waals surface area contributed by atoms with Crippen molar-refractivity contribution in [2.75, 3.05) is 27.3 Å². The highest BCUT2D eigenvalue weighted by atomic mass is 32.2. The van der Waals surface area contributed by atoms with E-state index in [9.17, 15) is 13.2 Å². The lowest BCUT2D eigenvalue weighted by Crippen LogP contribution is -2.48. The lowest BCUT2D eigenvalue weighted by molar-refractivity contribution is 0.0600. The molecule has 2 aromatic rings. The maximum Gasteiger partial charge on any atom is 0.337 e. The van der Waals surface area contributed by atoms with Gasteiger partial charge in [0.25, 0.3) is 10.2 Å². The Labute approximate surface area is 172 Å². The summed E-state index contributed by atoms with van der Waals surface area (Å²) in [6, 6.07) is 12.7. The molecule has 2 aromatic carbocycles. The summed E-state index contributed by atoms with van der Waals surface area (Å²) >= 11 is 0. The number of hydrogen-bond donors (Lipinski definition) is 0. The summed E-state index contributed by atoms with van der Waals surface area (Å²) in [5.41, 5.74) is 3.03. The van der Waals surface area contributed by atoms with Crippen molar-refractivity contribution in [3.8, 4) is 5.75 Å². The number of rotatable bonds is 6. The average molecular weight is 419 g/mol. The van der Waals surface area contributed by atoms with Crippen LogP contribution in [0.4, 0.5) is 0 Å². The van der Waals surface area contributed by atoms with Crippen LogP contribution in [0.15, 0.2) is 42.5 Å². The molecule has 0 atom stereocenters. The largest absolute Gasteiger partial charge is 0.496 e. The molecule has 0 spiro atoms. The molecule has 156 valence electrons. The fourth-order valence-corrected chi connectivity index (χ4v) is 5.15. The molecule has 7 nitrogen and oxygen atoms in total.